The minimum Gasteiger partial charge on any atom is -0.328 e. The van der Waals surface area contributed by atoms with Gasteiger partial charge in [0.2, 0.25) is 0 Å². The molecule has 1 saturated heterocycles. The Morgan fingerprint density at radius 2 is 1.73 bits per heavy atom. The molecule has 0 saturated carbocycles. The second-order valence-corrected chi connectivity index (χ2v) is 12.8. The van der Waals surface area contributed by atoms with E-state index >= 15 is 0 Å². The van der Waals surface area contributed by atoms with Crippen molar-refractivity contribution in [3.8, 4) is 16.1 Å². The summed E-state index contributed by atoms with van der Waals surface area (Å²) < 4.78 is 30.4. The molecule has 0 aliphatic carbocycles. The smallest absolute Gasteiger partial charge is 0.275 e. The Hall–Kier alpha value is -3.09. The maximum absolute atomic E-state index is 13.4. The van der Waals surface area contributed by atoms with Crippen molar-refractivity contribution in [2.75, 3.05) is 25.9 Å². The van der Waals surface area contributed by atoms with Crippen LogP contribution in [-0.2, 0) is 16.7 Å². The van der Waals surface area contributed by atoms with Crippen LogP contribution in [0.2, 0.25) is 5.02 Å². The van der Waals surface area contributed by atoms with E-state index < -0.39 is 10.1 Å². The van der Waals surface area contributed by atoms with Crippen molar-refractivity contribution >= 4 is 54.3 Å². The van der Waals surface area contributed by atoms with Crippen LogP contribution in [0.25, 0.3) is 37.4 Å². The predicted molar refractivity (Wildman–Crippen MR) is 161 cm³/mol. The number of nitrogens with zero attached hydrogens (tertiary/aromatic N) is 5. The number of hydrogen-bond donors (Lipinski definition) is 1. The van der Waals surface area contributed by atoms with Gasteiger partial charge in [0.05, 0.1) is 28.5 Å². The highest BCUT2D eigenvalue weighted by molar-refractivity contribution is 7.85. The lowest BCUT2D eigenvalue weighted by molar-refractivity contribution is 0.325. The van der Waals surface area contributed by atoms with Crippen LogP contribution in [0.3, 0.4) is 0 Å². The van der Waals surface area contributed by atoms with Gasteiger partial charge in [-0.3, -0.25) is 13.9 Å². The predicted octanol–water partition coefficient (Wildman–Crippen LogP) is 5.42. The van der Waals surface area contributed by atoms with Gasteiger partial charge in [-0.1, -0.05) is 23.7 Å². The van der Waals surface area contributed by atoms with Crippen LogP contribution in [0.5, 0.6) is 0 Å². The summed E-state index contributed by atoms with van der Waals surface area (Å²) >= 11 is 7.48. The molecule has 1 aliphatic rings. The molecule has 4 heterocycles. The molecule has 0 bridgehead atoms. The summed E-state index contributed by atoms with van der Waals surface area (Å²) in [5, 5.41) is 0.690. The Morgan fingerprint density at radius 3 is 2.42 bits per heavy atom. The molecule has 1 N–H and O–H groups in total. The first kappa shape index (κ1) is 28.4. The third-order valence-corrected chi connectivity index (χ3v) is 8.24. The lowest BCUT2D eigenvalue weighted by Gasteiger charge is -2.15. The maximum Gasteiger partial charge on any atom is 0.275 e. The molecular weight excluding hydrogens is 570 g/mol. The molecule has 0 unspecified atom stereocenters. The maximum atomic E-state index is 13.4. The van der Waals surface area contributed by atoms with Gasteiger partial charge in [-0.15, -0.1) is 11.3 Å². The first-order chi connectivity index (χ1) is 19.1. The van der Waals surface area contributed by atoms with Crippen LogP contribution in [0, 0.1) is 6.92 Å². The number of hydrogen-bond acceptors (Lipinski definition) is 7. The molecule has 12 heteroatoms. The van der Waals surface area contributed by atoms with Crippen LogP contribution in [0.15, 0.2) is 59.7 Å². The van der Waals surface area contributed by atoms with Gasteiger partial charge < -0.3 is 9.47 Å². The Morgan fingerprint density at radius 1 is 1.02 bits per heavy atom. The molecule has 9 nitrogen and oxygen atoms in total. The van der Waals surface area contributed by atoms with Gasteiger partial charge in [-0.25, -0.2) is 9.97 Å². The molecule has 5 aromatic rings. The molecular formula is C28H30ClN5O4S2. The lowest BCUT2D eigenvalue weighted by atomic mass is 10.2. The number of rotatable bonds is 6. The van der Waals surface area contributed by atoms with Gasteiger partial charge >= 0.3 is 0 Å². The lowest BCUT2D eigenvalue weighted by Crippen LogP contribution is -2.21. The largest absolute Gasteiger partial charge is 0.328 e. The van der Waals surface area contributed by atoms with Crippen molar-refractivity contribution in [3.63, 3.8) is 0 Å². The van der Waals surface area contributed by atoms with E-state index in [0.717, 1.165) is 52.5 Å². The second-order valence-electron chi connectivity index (χ2n) is 9.87. The summed E-state index contributed by atoms with van der Waals surface area (Å²) in [6, 6.07) is 15.7. The Kier molecular flexibility index (Phi) is 8.39. The molecule has 0 spiro atoms. The Bertz CT molecular complexity index is 1810. The third-order valence-electron chi connectivity index (χ3n) is 6.82. The van der Waals surface area contributed by atoms with Gasteiger partial charge in [0.15, 0.2) is 0 Å². The Labute approximate surface area is 241 Å². The van der Waals surface area contributed by atoms with Crippen LogP contribution in [-0.4, -0.2) is 62.9 Å². The fourth-order valence-corrected chi connectivity index (χ4v) is 6.15. The van der Waals surface area contributed by atoms with Crippen LogP contribution < -0.4 is 5.56 Å². The van der Waals surface area contributed by atoms with E-state index in [4.69, 9.17) is 21.1 Å². The average Bonchev–Trinajstić information content (AvgIpc) is 3.63. The normalized spacial score (nSPS) is 14.1. The molecule has 0 atom stereocenters. The first-order valence-corrected chi connectivity index (χ1v) is 16.0. The van der Waals surface area contributed by atoms with Crippen molar-refractivity contribution in [3.05, 3.63) is 76.1 Å². The molecule has 3 aromatic heterocycles. The van der Waals surface area contributed by atoms with Crippen molar-refractivity contribution in [1.82, 2.24) is 24.0 Å². The zero-order chi connectivity index (χ0) is 28.4. The zero-order valence-corrected chi connectivity index (χ0v) is 24.6. The number of aryl methyl sites for hydroxylation is 2. The number of fused-ring (bicyclic) bond motifs is 2. The van der Waals surface area contributed by atoms with Crippen LogP contribution in [0.4, 0.5) is 0 Å². The number of benzene rings is 2. The minimum absolute atomic E-state index is 0.0682. The number of aromatic nitrogens is 4. The number of imidazole rings is 1. The van der Waals surface area contributed by atoms with Gasteiger partial charge in [0.25, 0.3) is 15.7 Å². The summed E-state index contributed by atoms with van der Waals surface area (Å²) in [7, 11) is -3.67. The Balaban J connectivity index is 0.000000595. The summed E-state index contributed by atoms with van der Waals surface area (Å²) in [6.45, 7) is 6.60. The molecule has 1 fully saturated rings. The van der Waals surface area contributed by atoms with E-state index in [2.05, 4.69) is 27.4 Å². The molecule has 0 radical (unpaired) electrons. The summed E-state index contributed by atoms with van der Waals surface area (Å²) in [5.41, 5.74) is 4.45. The first-order valence-electron chi connectivity index (χ1n) is 13.0. The SMILES string of the molecule is CS(=O)(=O)O.Cc1nc2cc(-n3cnc4cc(-c5ccc(Cl)cc5)sc4c3=O)ccc2n1CCCN1CCCC1. The van der Waals surface area contributed by atoms with Crippen molar-refractivity contribution in [1.29, 1.82) is 0 Å². The van der Waals surface area contributed by atoms with E-state index in [1.165, 1.54) is 37.3 Å². The highest BCUT2D eigenvalue weighted by Crippen LogP contribution is 2.32. The molecule has 2 aromatic carbocycles. The summed E-state index contributed by atoms with van der Waals surface area (Å²) in [4.78, 5) is 26.3. The monoisotopic (exact) mass is 599 g/mol. The van der Waals surface area contributed by atoms with Crippen molar-refractivity contribution in [2.45, 2.75) is 32.7 Å². The number of thiophene rings is 1. The quantitative estimate of drug-likeness (QED) is 0.260. The third kappa shape index (κ3) is 6.61. The van der Waals surface area contributed by atoms with E-state index in [0.29, 0.717) is 21.5 Å². The number of halogens is 1. The topological polar surface area (TPSA) is 110 Å². The van der Waals surface area contributed by atoms with E-state index in [1.54, 1.807) is 10.9 Å². The average molecular weight is 600 g/mol. The second kappa shape index (κ2) is 11.8. The minimum atomic E-state index is -3.67. The molecule has 1 aliphatic heterocycles. The highest BCUT2D eigenvalue weighted by Gasteiger charge is 2.15. The fourth-order valence-electron chi connectivity index (χ4n) is 4.98. The molecule has 6 rings (SSSR count). The standard InChI is InChI=1S/C27H26ClN5OS.CH4O3S/c1-18-30-22-15-21(9-10-24(22)32(18)14-4-13-31-11-2-3-12-31)33-17-29-23-16-25(35-26(23)27(33)34)19-5-7-20(28)8-6-19;1-5(2,3)4/h5-10,15-17H,2-4,11-14H2,1H3;1H3,(H,2,3,4). The zero-order valence-electron chi connectivity index (χ0n) is 22.2. The van der Waals surface area contributed by atoms with Crippen molar-refractivity contribution < 1.29 is 13.0 Å². The van der Waals surface area contributed by atoms with Gasteiger partial charge in [0.1, 0.15) is 16.9 Å². The van der Waals surface area contributed by atoms with Crippen molar-refractivity contribution in [2.24, 2.45) is 0 Å². The summed E-state index contributed by atoms with van der Waals surface area (Å²) in [5.74, 6) is 1.00. The van der Waals surface area contributed by atoms with Gasteiger partial charge in [-0.05, 0) is 87.8 Å². The van der Waals surface area contributed by atoms with Gasteiger partial charge in [0, 0.05) is 16.4 Å². The van der Waals surface area contributed by atoms with Crippen LogP contribution in [0.1, 0.15) is 25.1 Å². The van der Waals surface area contributed by atoms with E-state index in [-0.39, 0.29) is 5.56 Å². The molecule has 210 valence electrons. The van der Waals surface area contributed by atoms with Gasteiger partial charge in [-0.2, -0.15) is 8.42 Å². The molecule has 0 amide bonds. The van der Waals surface area contributed by atoms with E-state index in [9.17, 15) is 13.2 Å². The number of likely N-dealkylation sites (tertiary alicyclic amines) is 1. The van der Waals surface area contributed by atoms with Crippen LogP contribution >= 0.6 is 22.9 Å². The highest BCUT2D eigenvalue weighted by atomic mass is 35.5. The fraction of sp³-hybridized carbons (Fsp3) is 0.321. The summed E-state index contributed by atoms with van der Waals surface area (Å²) in [6.07, 6.45) is 6.09. The van der Waals surface area contributed by atoms with E-state index in [1.807, 2.05) is 42.5 Å². The molecule has 40 heavy (non-hydrogen) atoms.